The van der Waals surface area contributed by atoms with Crippen molar-refractivity contribution in [2.24, 2.45) is 23.7 Å². The summed E-state index contributed by atoms with van der Waals surface area (Å²) in [5.41, 5.74) is 3.63. The molecule has 19 heavy (non-hydrogen) atoms. The summed E-state index contributed by atoms with van der Waals surface area (Å²) in [6.07, 6.45) is 9.73. The lowest BCUT2D eigenvalue weighted by Gasteiger charge is -2.38. The molecule has 6 rings (SSSR count). The van der Waals surface area contributed by atoms with Crippen molar-refractivity contribution in [3.05, 3.63) is 34.4 Å². The van der Waals surface area contributed by atoms with E-state index in [0.717, 1.165) is 54.4 Å². The molecule has 0 aromatic carbocycles. The van der Waals surface area contributed by atoms with E-state index in [1.165, 1.54) is 0 Å². The summed E-state index contributed by atoms with van der Waals surface area (Å²) < 4.78 is 0. The third-order valence-corrected chi connectivity index (χ3v) is 5.91. The molecular formula is C17H16O2. The van der Waals surface area contributed by atoms with Crippen LogP contribution in [-0.2, 0) is 9.59 Å². The molecule has 6 aliphatic carbocycles. The number of carbonyl (C=O) groups excluding carboxylic acids is 2. The van der Waals surface area contributed by atoms with Crippen LogP contribution >= 0.6 is 0 Å². The lowest BCUT2D eigenvalue weighted by molar-refractivity contribution is -0.118. The van der Waals surface area contributed by atoms with Crippen LogP contribution in [0.2, 0.25) is 0 Å². The zero-order valence-corrected chi connectivity index (χ0v) is 10.8. The Kier molecular flexibility index (Phi) is 1.73. The minimum Gasteiger partial charge on any atom is -0.289 e. The normalized spacial score (nSPS) is 42.3. The standard InChI is InChI=1S/C17H16O2/c18-16-12-8-1-2-9(4-3-8)13(12)17(19)15-11-6-5-10(7-11)14(15)16/h1-2,8-11H,3-7H2/t8-,9+,10+,11-. The van der Waals surface area contributed by atoms with E-state index in [-0.39, 0.29) is 23.4 Å². The summed E-state index contributed by atoms with van der Waals surface area (Å²) in [5, 5.41) is 0. The highest BCUT2D eigenvalue weighted by atomic mass is 16.1. The Balaban J connectivity index is 1.73. The van der Waals surface area contributed by atoms with Gasteiger partial charge in [-0.1, -0.05) is 12.2 Å². The molecule has 0 aliphatic heterocycles. The molecule has 0 heterocycles. The smallest absolute Gasteiger partial charge is 0.186 e. The third-order valence-electron chi connectivity index (χ3n) is 5.91. The Bertz CT molecular complexity index is 580. The summed E-state index contributed by atoms with van der Waals surface area (Å²) in [4.78, 5) is 25.7. The van der Waals surface area contributed by atoms with Crippen LogP contribution in [0.5, 0.6) is 0 Å². The number of fused-ring (bicyclic) bond motifs is 5. The molecule has 0 radical (unpaired) electrons. The highest BCUT2D eigenvalue weighted by Gasteiger charge is 2.52. The van der Waals surface area contributed by atoms with E-state index in [4.69, 9.17) is 0 Å². The Hall–Kier alpha value is -1.44. The Morgan fingerprint density at radius 1 is 0.684 bits per heavy atom. The molecule has 0 spiro atoms. The van der Waals surface area contributed by atoms with Crippen LogP contribution in [0.15, 0.2) is 34.4 Å². The van der Waals surface area contributed by atoms with Gasteiger partial charge in [-0.15, -0.1) is 0 Å². The first kappa shape index (κ1) is 10.4. The number of hydrogen-bond acceptors (Lipinski definition) is 2. The van der Waals surface area contributed by atoms with Crippen LogP contribution in [0, 0.1) is 23.7 Å². The zero-order valence-electron chi connectivity index (χ0n) is 10.8. The molecule has 4 bridgehead atoms. The number of Topliss-reactive ketones (excluding diaryl/α,β-unsaturated/α-hetero) is 2. The summed E-state index contributed by atoms with van der Waals surface area (Å²) in [6, 6.07) is 0. The average Bonchev–Trinajstić information content (AvgIpc) is 3.06. The van der Waals surface area contributed by atoms with Gasteiger partial charge in [0.2, 0.25) is 0 Å². The molecular weight excluding hydrogens is 236 g/mol. The maximum atomic E-state index is 12.9. The summed E-state index contributed by atoms with van der Waals surface area (Å²) in [6.45, 7) is 0. The Morgan fingerprint density at radius 2 is 1.16 bits per heavy atom. The second-order valence-corrected chi connectivity index (χ2v) is 6.70. The minimum absolute atomic E-state index is 0.227. The fraction of sp³-hybridized carbons (Fsp3) is 0.529. The monoisotopic (exact) mass is 252 g/mol. The summed E-state index contributed by atoms with van der Waals surface area (Å²) >= 11 is 0. The van der Waals surface area contributed by atoms with E-state index < -0.39 is 0 Å². The quantitative estimate of drug-likeness (QED) is 0.490. The van der Waals surface area contributed by atoms with Crippen molar-refractivity contribution < 1.29 is 9.59 Å². The largest absolute Gasteiger partial charge is 0.289 e. The Labute approximate surface area is 112 Å². The predicted octanol–water partition coefficient (Wildman–Crippen LogP) is 2.76. The van der Waals surface area contributed by atoms with Gasteiger partial charge in [0.25, 0.3) is 0 Å². The molecule has 0 N–H and O–H groups in total. The second-order valence-electron chi connectivity index (χ2n) is 6.70. The van der Waals surface area contributed by atoms with Gasteiger partial charge in [0.1, 0.15) is 0 Å². The average molecular weight is 252 g/mol. The van der Waals surface area contributed by atoms with E-state index >= 15 is 0 Å². The van der Waals surface area contributed by atoms with Gasteiger partial charge in [0, 0.05) is 34.1 Å². The van der Waals surface area contributed by atoms with Crippen LogP contribution in [0.1, 0.15) is 32.1 Å². The van der Waals surface area contributed by atoms with Gasteiger partial charge < -0.3 is 0 Å². The van der Waals surface area contributed by atoms with Crippen molar-refractivity contribution in [3.63, 3.8) is 0 Å². The van der Waals surface area contributed by atoms with E-state index in [1.807, 2.05) is 0 Å². The Morgan fingerprint density at radius 3 is 1.58 bits per heavy atom. The number of ketones is 2. The highest BCUT2D eigenvalue weighted by molar-refractivity contribution is 6.27. The number of allylic oxidation sites excluding steroid dienone is 6. The van der Waals surface area contributed by atoms with Crippen molar-refractivity contribution in [3.8, 4) is 0 Å². The first-order valence-electron chi connectivity index (χ1n) is 7.51. The molecule has 0 aromatic rings. The molecule has 0 aromatic heterocycles. The topological polar surface area (TPSA) is 34.1 Å². The van der Waals surface area contributed by atoms with E-state index in [1.54, 1.807) is 0 Å². The molecule has 4 atom stereocenters. The maximum Gasteiger partial charge on any atom is 0.186 e. The molecule has 0 saturated heterocycles. The van der Waals surface area contributed by atoms with Gasteiger partial charge in [-0.25, -0.2) is 0 Å². The number of rotatable bonds is 0. The molecule has 6 aliphatic rings. The van der Waals surface area contributed by atoms with E-state index in [2.05, 4.69) is 12.2 Å². The molecule has 1 fully saturated rings. The van der Waals surface area contributed by atoms with Gasteiger partial charge >= 0.3 is 0 Å². The molecule has 2 heteroatoms. The minimum atomic E-state index is 0.227. The molecule has 1 saturated carbocycles. The third kappa shape index (κ3) is 1.06. The van der Waals surface area contributed by atoms with Crippen LogP contribution in [0.3, 0.4) is 0 Å². The first-order valence-corrected chi connectivity index (χ1v) is 7.51. The van der Waals surface area contributed by atoms with Gasteiger partial charge in [-0.05, 0) is 43.9 Å². The van der Waals surface area contributed by atoms with Crippen LogP contribution in [0.25, 0.3) is 0 Å². The van der Waals surface area contributed by atoms with Gasteiger partial charge in [-0.3, -0.25) is 9.59 Å². The maximum absolute atomic E-state index is 12.9. The zero-order chi connectivity index (χ0) is 12.7. The van der Waals surface area contributed by atoms with E-state index in [0.29, 0.717) is 11.8 Å². The van der Waals surface area contributed by atoms with Crippen LogP contribution < -0.4 is 0 Å². The fourth-order valence-corrected chi connectivity index (χ4v) is 5.13. The predicted molar refractivity (Wildman–Crippen MR) is 70.3 cm³/mol. The van der Waals surface area contributed by atoms with Gasteiger partial charge in [-0.2, -0.15) is 0 Å². The van der Waals surface area contributed by atoms with Crippen LogP contribution in [0.4, 0.5) is 0 Å². The SMILES string of the molecule is O=C1C2=C(C(=O)C3=C1[C@@H]1C=C[C@H]3CC1)[C@@H]1CC[C@H]2C1. The van der Waals surface area contributed by atoms with Crippen molar-refractivity contribution in [2.45, 2.75) is 32.1 Å². The van der Waals surface area contributed by atoms with Gasteiger partial charge in [0.15, 0.2) is 11.6 Å². The number of carbonyl (C=O) groups is 2. The molecule has 96 valence electrons. The van der Waals surface area contributed by atoms with Gasteiger partial charge in [0.05, 0.1) is 0 Å². The molecule has 0 amide bonds. The van der Waals surface area contributed by atoms with Crippen molar-refractivity contribution >= 4 is 11.6 Å². The van der Waals surface area contributed by atoms with Crippen LogP contribution in [-0.4, -0.2) is 11.6 Å². The lowest BCUT2D eigenvalue weighted by Crippen LogP contribution is -2.37. The first-order chi connectivity index (χ1) is 9.25. The summed E-state index contributed by atoms with van der Waals surface area (Å²) in [7, 11) is 0. The van der Waals surface area contributed by atoms with E-state index in [9.17, 15) is 9.59 Å². The fourth-order valence-electron chi connectivity index (χ4n) is 5.13. The number of hydrogen-bond donors (Lipinski definition) is 0. The second kappa shape index (κ2) is 3.17. The molecule has 0 unspecified atom stereocenters. The summed E-state index contributed by atoms with van der Waals surface area (Å²) in [5.74, 6) is 1.74. The van der Waals surface area contributed by atoms with Crippen molar-refractivity contribution in [2.75, 3.05) is 0 Å². The van der Waals surface area contributed by atoms with Crippen molar-refractivity contribution in [1.82, 2.24) is 0 Å². The highest BCUT2D eigenvalue weighted by Crippen LogP contribution is 2.56. The van der Waals surface area contributed by atoms with Crippen molar-refractivity contribution in [1.29, 1.82) is 0 Å². The lowest BCUT2D eigenvalue weighted by atomic mass is 9.63. The molecule has 2 nitrogen and oxygen atoms in total.